The van der Waals surface area contributed by atoms with Gasteiger partial charge in [0.2, 0.25) is 0 Å². The van der Waals surface area contributed by atoms with Crippen molar-refractivity contribution < 1.29 is 15.4 Å². The quantitative estimate of drug-likeness (QED) is 0.656. The second-order valence-corrected chi connectivity index (χ2v) is 7.67. The SMILES string of the molecule is [2H]c1nc(N([2H])C2([2H])CC([2H])N(C([2H])([2H])c3cc(C)c(F)c(C#N)c3)C([2H])C2)c2c([2H])c(Cl)sc2n1. The lowest BCUT2D eigenvalue weighted by molar-refractivity contribution is 0.211. The second-order valence-electron chi connectivity index (χ2n) is 6.07. The van der Waals surface area contributed by atoms with Crippen LogP contribution >= 0.6 is 22.9 Å². The van der Waals surface area contributed by atoms with Crippen molar-refractivity contribution in [2.75, 3.05) is 18.4 Å². The average molecular weight is 424 g/mol. The molecule has 0 amide bonds. The van der Waals surface area contributed by atoms with Gasteiger partial charge in [0.15, 0.2) is 1.41 Å². The van der Waals surface area contributed by atoms with Crippen molar-refractivity contribution >= 4 is 39.0 Å². The average Bonchev–Trinajstić information content (AvgIpc) is 3.06. The maximum absolute atomic E-state index is 14.2. The number of hydrogen-bond donors (Lipinski definition) is 1. The van der Waals surface area contributed by atoms with E-state index in [1.807, 2.05) is 0 Å². The van der Waals surface area contributed by atoms with Gasteiger partial charge in [0.25, 0.3) is 0 Å². The lowest BCUT2D eigenvalue weighted by Crippen LogP contribution is -2.38. The molecule has 1 fully saturated rings. The Labute approximate surface area is 183 Å². The number of fused-ring (bicyclic) bond motifs is 1. The summed E-state index contributed by atoms with van der Waals surface area (Å²) < 4.78 is 82.3. The summed E-state index contributed by atoms with van der Waals surface area (Å²) in [6.07, 6.45) is -1.28. The Morgan fingerprint density at radius 2 is 2.36 bits per heavy atom. The number of likely N-dealkylation sites (tertiary alicyclic amines) is 1. The molecule has 3 aromatic rings. The van der Waals surface area contributed by atoms with Crippen molar-refractivity contribution in [3.05, 3.63) is 51.3 Å². The van der Waals surface area contributed by atoms with Crippen molar-refractivity contribution in [2.45, 2.75) is 32.3 Å². The zero-order chi connectivity index (χ0) is 26.7. The predicted octanol–water partition coefficient (Wildman–Crippen LogP) is 4.74. The molecule has 2 aromatic heterocycles. The van der Waals surface area contributed by atoms with Crippen LogP contribution in [-0.4, -0.2) is 33.9 Å². The molecule has 2 unspecified atom stereocenters. The van der Waals surface area contributed by atoms with Crippen LogP contribution in [0, 0.1) is 24.1 Å². The van der Waals surface area contributed by atoms with Gasteiger partial charge < -0.3 is 5.31 Å². The summed E-state index contributed by atoms with van der Waals surface area (Å²) in [6.45, 7) is -4.03. The number of aryl methyl sites for hydroxylation is 1. The molecular formula is C20H19ClFN5S. The van der Waals surface area contributed by atoms with Gasteiger partial charge in [-0.1, -0.05) is 17.7 Å². The predicted molar refractivity (Wildman–Crippen MR) is 110 cm³/mol. The zero-order valence-corrected chi connectivity index (χ0v) is 16.2. The van der Waals surface area contributed by atoms with E-state index >= 15 is 0 Å². The number of thiophene rings is 1. The van der Waals surface area contributed by atoms with Gasteiger partial charge in [-0.25, -0.2) is 14.4 Å². The lowest BCUT2D eigenvalue weighted by atomic mass is 10.0. The normalized spacial score (nSPS) is 30.1. The molecule has 0 radical (unpaired) electrons. The molecule has 1 aliphatic heterocycles. The summed E-state index contributed by atoms with van der Waals surface area (Å²) in [5.41, 5.74) is -0.420. The fourth-order valence-corrected chi connectivity index (χ4v) is 3.73. The molecule has 0 saturated carbocycles. The summed E-state index contributed by atoms with van der Waals surface area (Å²) >= 11 is 6.97. The first kappa shape index (κ1) is 11.7. The molecule has 5 nitrogen and oxygen atoms in total. The van der Waals surface area contributed by atoms with Crippen LogP contribution in [0.25, 0.3) is 10.2 Å². The second kappa shape index (κ2) is 8.00. The summed E-state index contributed by atoms with van der Waals surface area (Å²) in [7, 11) is 0. The Kier molecular flexibility index (Phi) is 3.33. The molecular weight excluding hydrogens is 397 g/mol. The van der Waals surface area contributed by atoms with Gasteiger partial charge in [-0.3, -0.25) is 4.90 Å². The first-order valence-corrected chi connectivity index (χ1v) is 9.46. The molecule has 0 spiro atoms. The molecule has 2 atom stereocenters. The standard InChI is InChI=1S/C20H19ClFN5S/c1-12-6-13(7-14(9-23)18(12)22)10-27-4-2-15(3-5-27)26-19-16-8-17(21)28-20(16)25-11-24-19/h6-8,11,15H,2-5,10H2,1H3,(H,24,25,26)/i4D,5D,8D,10D2,11D,15D/hD. The minimum absolute atomic E-state index is 0.0414. The molecule has 0 bridgehead atoms. The summed E-state index contributed by atoms with van der Waals surface area (Å²) in [5.74, 6) is -1.00. The number of hydrogen-bond acceptors (Lipinski definition) is 6. The molecule has 1 N–H and O–H groups in total. The summed E-state index contributed by atoms with van der Waals surface area (Å²) in [4.78, 5) is 8.95. The number of anilines is 1. The number of nitriles is 1. The maximum atomic E-state index is 14.2. The van der Waals surface area contributed by atoms with Gasteiger partial charge in [-0.05, 0) is 43.0 Å². The molecule has 8 heteroatoms. The zero-order valence-electron chi connectivity index (χ0n) is 22.6. The highest BCUT2D eigenvalue weighted by molar-refractivity contribution is 7.22. The van der Waals surface area contributed by atoms with Crippen molar-refractivity contribution in [2.24, 2.45) is 0 Å². The van der Waals surface area contributed by atoms with Gasteiger partial charge in [-0.15, -0.1) is 11.3 Å². The number of rotatable bonds is 4. The van der Waals surface area contributed by atoms with Gasteiger partial charge >= 0.3 is 0 Å². The Balaban J connectivity index is 1.70. The van der Waals surface area contributed by atoms with E-state index in [2.05, 4.69) is 9.97 Å². The molecule has 0 aliphatic carbocycles. The fourth-order valence-electron chi connectivity index (χ4n) is 2.76. The van der Waals surface area contributed by atoms with Gasteiger partial charge in [0.1, 0.15) is 30.2 Å². The molecule has 28 heavy (non-hydrogen) atoms. The van der Waals surface area contributed by atoms with Gasteiger partial charge in [0, 0.05) is 31.0 Å². The van der Waals surface area contributed by atoms with Crippen LogP contribution in [0.4, 0.5) is 10.2 Å². The van der Waals surface area contributed by atoms with E-state index in [1.54, 1.807) is 6.07 Å². The van der Waals surface area contributed by atoms with Crippen molar-refractivity contribution in [1.82, 2.24) is 14.9 Å². The van der Waals surface area contributed by atoms with Crippen LogP contribution in [0.3, 0.4) is 0 Å². The molecule has 4 rings (SSSR count). The van der Waals surface area contributed by atoms with E-state index in [4.69, 9.17) is 22.6 Å². The number of halogens is 2. The summed E-state index contributed by atoms with van der Waals surface area (Å²) in [6, 6.07) is 1.85. The van der Waals surface area contributed by atoms with E-state index in [9.17, 15) is 9.65 Å². The van der Waals surface area contributed by atoms with Crippen molar-refractivity contribution in [3.8, 4) is 6.07 Å². The van der Waals surface area contributed by atoms with E-state index < -0.39 is 50.5 Å². The van der Waals surface area contributed by atoms with Crippen LogP contribution in [0.15, 0.2) is 24.5 Å². The smallest absolute Gasteiger partial charge is 0.162 e. The highest BCUT2D eigenvalue weighted by Gasteiger charge is 2.21. The van der Waals surface area contributed by atoms with Crippen LogP contribution < -0.4 is 5.31 Å². The van der Waals surface area contributed by atoms with Gasteiger partial charge in [-0.2, -0.15) is 5.26 Å². The number of piperidine rings is 1. The third kappa shape index (κ3) is 3.95. The first-order valence-electron chi connectivity index (χ1n) is 12.4. The topological polar surface area (TPSA) is 64.8 Å². The number of aromatic nitrogens is 2. The Hall–Kier alpha value is -2.27. The fraction of sp³-hybridized carbons (Fsp3) is 0.350. The molecule has 144 valence electrons. The van der Waals surface area contributed by atoms with Crippen LogP contribution in [0.1, 0.15) is 39.1 Å². The largest absolute Gasteiger partial charge is 0.367 e. The van der Waals surface area contributed by atoms with Crippen LogP contribution in [0.2, 0.25) is 5.75 Å². The lowest BCUT2D eigenvalue weighted by Gasteiger charge is -2.32. The highest BCUT2D eigenvalue weighted by atomic mass is 35.5. The van der Waals surface area contributed by atoms with Crippen LogP contribution in [0.5, 0.6) is 0 Å². The summed E-state index contributed by atoms with van der Waals surface area (Å²) in [5, 5.41) is 9.92. The third-order valence-electron chi connectivity index (χ3n) is 4.10. The first-order chi connectivity index (χ1) is 16.7. The Morgan fingerprint density at radius 1 is 1.57 bits per heavy atom. The maximum Gasteiger partial charge on any atom is 0.162 e. The Morgan fingerprint density at radius 3 is 3.11 bits per heavy atom. The Bertz CT molecular complexity index is 1390. The van der Waals surface area contributed by atoms with E-state index in [0.717, 1.165) is 22.3 Å². The van der Waals surface area contributed by atoms with Crippen LogP contribution in [-0.2, 0) is 6.50 Å². The van der Waals surface area contributed by atoms with Crippen molar-refractivity contribution in [3.63, 3.8) is 0 Å². The third-order valence-corrected chi connectivity index (χ3v) is 5.19. The number of nitrogens with zero attached hydrogens (tertiary/aromatic N) is 4. The minimum Gasteiger partial charge on any atom is -0.367 e. The molecule has 1 saturated heterocycles. The van der Waals surface area contributed by atoms with Crippen molar-refractivity contribution in [1.29, 1.82) is 5.26 Å². The molecule has 1 aromatic carbocycles. The molecule has 3 heterocycles. The highest BCUT2D eigenvalue weighted by Crippen LogP contribution is 2.32. The number of nitrogens with one attached hydrogen (secondary N) is 1. The van der Waals surface area contributed by atoms with E-state index in [-0.39, 0.29) is 43.1 Å². The number of benzene rings is 1. The van der Waals surface area contributed by atoms with Gasteiger partial charge in [0.05, 0.1) is 18.0 Å². The minimum atomic E-state index is -2.46. The van der Waals surface area contributed by atoms with E-state index in [0.29, 0.717) is 5.31 Å². The van der Waals surface area contributed by atoms with E-state index in [1.165, 1.54) is 13.0 Å². The molecule has 1 aliphatic rings. The monoisotopic (exact) mass is 423 g/mol.